The number of halogens is 3. The molecule has 23 heavy (non-hydrogen) atoms. The fraction of sp³-hybridized carbons (Fsp3) is 0.533. The molecule has 0 heterocycles. The third-order valence-corrected chi connectivity index (χ3v) is 3.30. The van der Waals surface area contributed by atoms with E-state index in [1.165, 1.54) is 12.1 Å². The molecule has 0 spiro atoms. The molecule has 0 fully saturated rings. The van der Waals surface area contributed by atoms with E-state index in [1.807, 2.05) is 13.2 Å². The van der Waals surface area contributed by atoms with Gasteiger partial charge in [-0.1, -0.05) is 12.1 Å². The zero-order valence-electron chi connectivity index (χ0n) is 13.2. The van der Waals surface area contributed by atoms with Crippen LogP contribution in [0.2, 0.25) is 0 Å². The molecule has 0 aliphatic rings. The summed E-state index contributed by atoms with van der Waals surface area (Å²) in [5.74, 6) is 1.90. The molecular formula is C15H22F3N3OS. The Balaban J connectivity index is 2.53. The number of hydrogen-bond acceptors (Lipinski definition) is 3. The van der Waals surface area contributed by atoms with E-state index in [-0.39, 0.29) is 5.75 Å². The molecule has 1 aromatic carbocycles. The van der Waals surface area contributed by atoms with Gasteiger partial charge in [-0.3, -0.25) is 0 Å². The highest BCUT2D eigenvalue weighted by molar-refractivity contribution is 7.98. The van der Waals surface area contributed by atoms with Crippen LogP contribution in [0, 0.1) is 0 Å². The number of alkyl halides is 3. The van der Waals surface area contributed by atoms with Gasteiger partial charge in [0, 0.05) is 18.8 Å². The van der Waals surface area contributed by atoms with Crippen LogP contribution in [0.15, 0.2) is 29.3 Å². The van der Waals surface area contributed by atoms with E-state index in [2.05, 4.69) is 20.4 Å². The summed E-state index contributed by atoms with van der Waals surface area (Å²) in [6, 6.07) is 6.46. The van der Waals surface area contributed by atoms with Crippen molar-refractivity contribution in [1.29, 1.82) is 0 Å². The number of benzene rings is 1. The van der Waals surface area contributed by atoms with Crippen LogP contribution in [0.5, 0.6) is 5.75 Å². The van der Waals surface area contributed by atoms with Crippen molar-refractivity contribution < 1.29 is 17.9 Å². The van der Waals surface area contributed by atoms with E-state index in [0.29, 0.717) is 6.54 Å². The van der Waals surface area contributed by atoms with Gasteiger partial charge in [0.2, 0.25) is 0 Å². The highest BCUT2D eigenvalue weighted by Crippen LogP contribution is 2.19. The summed E-state index contributed by atoms with van der Waals surface area (Å²) >= 11 is 1.74. The predicted octanol–water partition coefficient (Wildman–Crippen LogP) is 3.05. The molecule has 1 aromatic rings. The molecule has 0 radical (unpaired) electrons. The SMILES string of the molecule is CCNC(=NCc1ccc(OCC(F)(F)F)cc1)NCCSC. The highest BCUT2D eigenvalue weighted by atomic mass is 32.2. The molecule has 0 aromatic heterocycles. The second kappa shape index (κ2) is 10.3. The number of nitrogens with zero attached hydrogens (tertiary/aromatic N) is 1. The Kier molecular flexibility index (Phi) is 8.68. The zero-order chi connectivity index (χ0) is 17.1. The molecule has 8 heteroatoms. The standard InChI is InChI=1S/C15H22F3N3OS/c1-3-19-14(20-8-9-23-2)21-10-12-4-6-13(7-5-12)22-11-15(16,17)18/h4-7H,3,8-11H2,1-2H3,(H2,19,20,21). The van der Waals surface area contributed by atoms with Gasteiger partial charge in [0.25, 0.3) is 0 Å². The molecule has 0 aliphatic heterocycles. The van der Waals surface area contributed by atoms with Gasteiger partial charge in [-0.25, -0.2) is 4.99 Å². The lowest BCUT2D eigenvalue weighted by Crippen LogP contribution is -2.38. The van der Waals surface area contributed by atoms with E-state index in [9.17, 15) is 13.2 Å². The number of rotatable bonds is 8. The molecule has 0 bridgehead atoms. The van der Waals surface area contributed by atoms with Gasteiger partial charge in [-0.2, -0.15) is 24.9 Å². The summed E-state index contributed by atoms with van der Waals surface area (Å²) in [7, 11) is 0. The van der Waals surface area contributed by atoms with Crippen molar-refractivity contribution in [2.24, 2.45) is 4.99 Å². The minimum atomic E-state index is -4.33. The predicted molar refractivity (Wildman–Crippen MR) is 89.2 cm³/mol. The van der Waals surface area contributed by atoms with Crippen LogP contribution in [-0.2, 0) is 6.54 Å². The third-order valence-electron chi connectivity index (χ3n) is 2.69. The molecular weight excluding hydrogens is 327 g/mol. The second-order valence-corrected chi connectivity index (χ2v) is 5.65. The lowest BCUT2D eigenvalue weighted by atomic mass is 10.2. The Morgan fingerprint density at radius 2 is 1.91 bits per heavy atom. The topological polar surface area (TPSA) is 45.7 Å². The van der Waals surface area contributed by atoms with Gasteiger partial charge in [-0.05, 0) is 30.9 Å². The van der Waals surface area contributed by atoms with Crippen LogP contribution in [0.1, 0.15) is 12.5 Å². The maximum atomic E-state index is 12.1. The van der Waals surface area contributed by atoms with E-state index in [1.54, 1.807) is 23.9 Å². The van der Waals surface area contributed by atoms with Crippen molar-refractivity contribution >= 4 is 17.7 Å². The van der Waals surface area contributed by atoms with Crippen molar-refractivity contribution in [2.75, 3.05) is 31.7 Å². The highest BCUT2D eigenvalue weighted by Gasteiger charge is 2.28. The van der Waals surface area contributed by atoms with Crippen LogP contribution in [0.25, 0.3) is 0 Å². The largest absolute Gasteiger partial charge is 0.484 e. The first-order chi connectivity index (χ1) is 10.9. The number of hydrogen-bond donors (Lipinski definition) is 2. The van der Waals surface area contributed by atoms with Crippen molar-refractivity contribution in [3.05, 3.63) is 29.8 Å². The fourth-order valence-corrected chi connectivity index (χ4v) is 1.95. The average Bonchev–Trinajstić information content (AvgIpc) is 2.51. The summed E-state index contributed by atoms with van der Waals surface area (Å²) in [6.45, 7) is 2.72. The minimum absolute atomic E-state index is 0.194. The average molecular weight is 349 g/mol. The Labute approximate surface area is 138 Å². The quantitative estimate of drug-likeness (QED) is 0.430. The van der Waals surface area contributed by atoms with E-state index < -0.39 is 12.8 Å². The fourth-order valence-electron chi connectivity index (χ4n) is 1.64. The van der Waals surface area contributed by atoms with Crippen molar-refractivity contribution in [1.82, 2.24) is 10.6 Å². The molecule has 0 saturated carbocycles. The Hall–Kier alpha value is -1.57. The van der Waals surface area contributed by atoms with Crippen LogP contribution >= 0.6 is 11.8 Å². The van der Waals surface area contributed by atoms with Crippen molar-refractivity contribution in [3.8, 4) is 5.75 Å². The lowest BCUT2D eigenvalue weighted by molar-refractivity contribution is -0.153. The molecule has 0 unspecified atom stereocenters. The third kappa shape index (κ3) is 9.22. The monoisotopic (exact) mass is 349 g/mol. The summed E-state index contributed by atoms with van der Waals surface area (Å²) in [5, 5.41) is 6.35. The molecule has 130 valence electrons. The molecule has 0 amide bonds. The van der Waals surface area contributed by atoms with Crippen LogP contribution < -0.4 is 15.4 Å². The first-order valence-electron chi connectivity index (χ1n) is 7.24. The summed E-state index contributed by atoms with van der Waals surface area (Å²) in [4.78, 5) is 4.43. The van der Waals surface area contributed by atoms with Gasteiger partial charge in [0.1, 0.15) is 5.75 Å². The Morgan fingerprint density at radius 3 is 2.48 bits per heavy atom. The molecule has 2 N–H and O–H groups in total. The van der Waals surface area contributed by atoms with Gasteiger partial charge in [-0.15, -0.1) is 0 Å². The van der Waals surface area contributed by atoms with E-state index in [0.717, 1.165) is 30.4 Å². The van der Waals surface area contributed by atoms with E-state index in [4.69, 9.17) is 0 Å². The second-order valence-electron chi connectivity index (χ2n) is 4.66. The number of aliphatic imine (C=N–C) groups is 1. The Bertz CT molecular complexity index is 478. The van der Waals surface area contributed by atoms with Gasteiger partial charge >= 0.3 is 6.18 Å². The molecule has 0 saturated heterocycles. The van der Waals surface area contributed by atoms with Crippen molar-refractivity contribution in [3.63, 3.8) is 0 Å². The zero-order valence-corrected chi connectivity index (χ0v) is 14.1. The van der Waals surface area contributed by atoms with Crippen LogP contribution in [0.3, 0.4) is 0 Å². The van der Waals surface area contributed by atoms with Gasteiger partial charge in [0.15, 0.2) is 12.6 Å². The van der Waals surface area contributed by atoms with Crippen LogP contribution in [0.4, 0.5) is 13.2 Å². The first-order valence-corrected chi connectivity index (χ1v) is 8.63. The smallest absolute Gasteiger partial charge is 0.422 e. The van der Waals surface area contributed by atoms with Gasteiger partial charge in [0.05, 0.1) is 6.54 Å². The number of nitrogens with one attached hydrogen (secondary N) is 2. The molecule has 0 atom stereocenters. The van der Waals surface area contributed by atoms with E-state index >= 15 is 0 Å². The summed E-state index contributed by atoms with van der Waals surface area (Å²) in [6.07, 6.45) is -2.29. The number of guanidine groups is 1. The number of ether oxygens (including phenoxy) is 1. The first kappa shape index (κ1) is 19.5. The van der Waals surface area contributed by atoms with Crippen molar-refractivity contribution in [2.45, 2.75) is 19.6 Å². The Morgan fingerprint density at radius 1 is 1.22 bits per heavy atom. The normalized spacial score (nSPS) is 12.1. The minimum Gasteiger partial charge on any atom is -0.484 e. The maximum Gasteiger partial charge on any atom is 0.422 e. The molecule has 4 nitrogen and oxygen atoms in total. The number of thioether (sulfide) groups is 1. The maximum absolute atomic E-state index is 12.1. The molecule has 0 aliphatic carbocycles. The van der Waals surface area contributed by atoms with Gasteiger partial charge < -0.3 is 15.4 Å². The summed E-state index contributed by atoms with van der Waals surface area (Å²) in [5.41, 5.74) is 0.895. The lowest BCUT2D eigenvalue weighted by Gasteiger charge is -2.11. The summed E-state index contributed by atoms with van der Waals surface area (Å²) < 4.78 is 40.9. The van der Waals surface area contributed by atoms with Crippen LogP contribution in [-0.4, -0.2) is 43.8 Å². The molecule has 1 rings (SSSR count).